The Morgan fingerprint density at radius 2 is 2.11 bits per heavy atom. The molecule has 0 spiro atoms. The van der Waals surface area contributed by atoms with Crippen molar-refractivity contribution < 1.29 is 15.0 Å². The number of aliphatic hydroxyl groups excluding tert-OH is 2. The van der Waals surface area contributed by atoms with Gasteiger partial charge in [0.15, 0.2) is 0 Å². The van der Waals surface area contributed by atoms with Crippen LogP contribution in [0.3, 0.4) is 0 Å². The summed E-state index contributed by atoms with van der Waals surface area (Å²) < 4.78 is 0. The van der Waals surface area contributed by atoms with Crippen molar-refractivity contribution in [2.45, 2.75) is 38.2 Å². The number of aliphatic hydroxyl groups is 2. The number of carbonyl (C=O) groups is 1. The minimum absolute atomic E-state index is 0.142. The van der Waals surface area contributed by atoms with Crippen LogP contribution >= 0.6 is 0 Å². The van der Waals surface area contributed by atoms with Crippen LogP contribution in [0.5, 0.6) is 0 Å². The number of amides is 1. The zero-order valence-corrected chi connectivity index (χ0v) is 11.3. The highest BCUT2D eigenvalue weighted by molar-refractivity contribution is 5.95. The zero-order valence-electron chi connectivity index (χ0n) is 11.3. The van der Waals surface area contributed by atoms with Crippen LogP contribution in [-0.2, 0) is 11.2 Å². The van der Waals surface area contributed by atoms with Gasteiger partial charge in [-0.05, 0) is 42.9 Å². The Bertz CT molecular complexity index is 459. The lowest BCUT2D eigenvalue weighted by atomic mass is 9.95. The van der Waals surface area contributed by atoms with E-state index in [0.717, 1.165) is 36.1 Å². The van der Waals surface area contributed by atoms with E-state index in [-0.39, 0.29) is 12.5 Å². The molecule has 0 saturated carbocycles. The number of anilines is 1. The molecular formula is C15H21NO3. The number of carbonyl (C=O) groups excluding carboxylic acids is 1. The number of nitrogens with zero attached hydrogens (tertiary/aromatic N) is 1. The average molecular weight is 263 g/mol. The van der Waals surface area contributed by atoms with Gasteiger partial charge in [-0.1, -0.05) is 12.1 Å². The number of rotatable bonds is 5. The van der Waals surface area contributed by atoms with Crippen molar-refractivity contribution in [1.29, 1.82) is 0 Å². The highest BCUT2D eigenvalue weighted by atomic mass is 16.3. The summed E-state index contributed by atoms with van der Waals surface area (Å²) in [5, 5.41) is 18.8. The van der Waals surface area contributed by atoms with E-state index in [4.69, 9.17) is 5.11 Å². The van der Waals surface area contributed by atoms with Crippen molar-refractivity contribution in [3.05, 3.63) is 29.3 Å². The van der Waals surface area contributed by atoms with Crippen LogP contribution in [0.15, 0.2) is 18.2 Å². The van der Waals surface area contributed by atoms with Crippen LogP contribution in [0.25, 0.3) is 0 Å². The molecule has 0 bridgehead atoms. The number of fused-ring (bicyclic) bond motifs is 1. The molecule has 1 aliphatic heterocycles. The van der Waals surface area contributed by atoms with E-state index < -0.39 is 6.10 Å². The predicted octanol–water partition coefficient (Wildman–Crippen LogP) is 1.79. The summed E-state index contributed by atoms with van der Waals surface area (Å²) in [7, 11) is 1.79. The Labute approximate surface area is 113 Å². The molecule has 2 rings (SSSR count). The first-order valence-electron chi connectivity index (χ1n) is 6.82. The SMILES string of the molecule is CN1C(=O)CCc2cc(C(O)CCCCO)ccc21. The smallest absolute Gasteiger partial charge is 0.227 e. The molecule has 19 heavy (non-hydrogen) atoms. The molecule has 0 radical (unpaired) electrons. The van der Waals surface area contributed by atoms with Crippen LogP contribution in [0.2, 0.25) is 0 Å². The van der Waals surface area contributed by atoms with Crippen molar-refractivity contribution in [1.82, 2.24) is 0 Å². The molecule has 1 amide bonds. The average Bonchev–Trinajstić information content (AvgIpc) is 2.43. The molecule has 4 heteroatoms. The summed E-state index contributed by atoms with van der Waals surface area (Å²) in [6.45, 7) is 0.170. The zero-order chi connectivity index (χ0) is 13.8. The second kappa shape index (κ2) is 6.17. The fourth-order valence-electron chi connectivity index (χ4n) is 2.50. The molecule has 1 atom stereocenters. The Kier molecular flexibility index (Phi) is 4.56. The Hall–Kier alpha value is -1.39. The lowest BCUT2D eigenvalue weighted by molar-refractivity contribution is -0.118. The van der Waals surface area contributed by atoms with Crippen LogP contribution in [0.1, 0.15) is 42.9 Å². The quantitative estimate of drug-likeness (QED) is 0.796. The molecule has 1 aromatic carbocycles. The maximum Gasteiger partial charge on any atom is 0.227 e. The Morgan fingerprint density at radius 3 is 2.84 bits per heavy atom. The highest BCUT2D eigenvalue weighted by Crippen LogP contribution is 2.30. The minimum atomic E-state index is -0.486. The molecule has 2 N–H and O–H groups in total. The third-order valence-corrected chi connectivity index (χ3v) is 3.72. The van der Waals surface area contributed by atoms with Crippen LogP contribution in [0, 0.1) is 0 Å². The molecule has 0 saturated heterocycles. The van der Waals surface area contributed by atoms with Crippen LogP contribution in [0.4, 0.5) is 5.69 Å². The van der Waals surface area contributed by atoms with E-state index in [9.17, 15) is 9.90 Å². The topological polar surface area (TPSA) is 60.8 Å². The van der Waals surface area contributed by atoms with E-state index >= 15 is 0 Å². The van der Waals surface area contributed by atoms with Gasteiger partial charge in [-0.15, -0.1) is 0 Å². The van der Waals surface area contributed by atoms with Gasteiger partial charge in [0.25, 0.3) is 0 Å². The van der Waals surface area contributed by atoms with Crippen molar-refractivity contribution in [2.75, 3.05) is 18.6 Å². The van der Waals surface area contributed by atoms with Gasteiger partial charge in [0.05, 0.1) is 6.10 Å². The molecule has 1 unspecified atom stereocenters. The summed E-state index contributed by atoms with van der Waals surface area (Å²) >= 11 is 0. The maximum absolute atomic E-state index is 11.6. The summed E-state index contributed by atoms with van der Waals surface area (Å²) in [6.07, 6.45) is 2.99. The molecule has 0 aromatic heterocycles. The van der Waals surface area contributed by atoms with Crippen LogP contribution < -0.4 is 4.90 Å². The van der Waals surface area contributed by atoms with E-state index in [1.165, 1.54) is 0 Å². The predicted molar refractivity (Wildman–Crippen MR) is 74.1 cm³/mol. The Balaban J connectivity index is 2.10. The van der Waals surface area contributed by atoms with Gasteiger partial charge < -0.3 is 15.1 Å². The standard InChI is InChI=1S/C15H21NO3/c1-16-13-7-5-12(14(18)4-2-3-9-17)10-11(13)6-8-15(16)19/h5,7,10,14,17-18H,2-4,6,8-9H2,1H3. The molecule has 104 valence electrons. The number of hydrogen-bond acceptors (Lipinski definition) is 3. The summed E-state index contributed by atoms with van der Waals surface area (Å²) in [6, 6.07) is 5.80. The van der Waals surface area contributed by atoms with E-state index in [0.29, 0.717) is 12.8 Å². The highest BCUT2D eigenvalue weighted by Gasteiger charge is 2.21. The van der Waals surface area contributed by atoms with Crippen molar-refractivity contribution >= 4 is 11.6 Å². The molecular weight excluding hydrogens is 242 g/mol. The Morgan fingerprint density at radius 1 is 1.32 bits per heavy atom. The van der Waals surface area contributed by atoms with Gasteiger partial charge in [-0.3, -0.25) is 4.79 Å². The number of unbranched alkanes of at least 4 members (excludes halogenated alkanes) is 1. The van der Waals surface area contributed by atoms with E-state index in [1.54, 1.807) is 11.9 Å². The second-order valence-electron chi connectivity index (χ2n) is 5.08. The fourth-order valence-corrected chi connectivity index (χ4v) is 2.50. The summed E-state index contributed by atoms with van der Waals surface area (Å²) in [4.78, 5) is 13.3. The van der Waals surface area contributed by atoms with Gasteiger partial charge >= 0.3 is 0 Å². The minimum Gasteiger partial charge on any atom is -0.396 e. The van der Waals surface area contributed by atoms with Gasteiger partial charge in [-0.2, -0.15) is 0 Å². The molecule has 1 aliphatic rings. The van der Waals surface area contributed by atoms with E-state index in [2.05, 4.69) is 0 Å². The first-order valence-corrected chi connectivity index (χ1v) is 6.82. The molecule has 0 fully saturated rings. The first kappa shape index (κ1) is 14.0. The molecule has 1 aromatic rings. The van der Waals surface area contributed by atoms with Gasteiger partial charge in [0.2, 0.25) is 5.91 Å². The molecule has 1 heterocycles. The summed E-state index contributed by atoms with van der Waals surface area (Å²) in [5.74, 6) is 0.142. The van der Waals surface area contributed by atoms with Gasteiger partial charge in [0.1, 0.15) is 0 Å². The van der Waals surface area contributed by atoms with Crippen molar-refractivity contribution in [3.8, 4) is 0 Å². The maximum atomic E-state index is 11.6. The van der Waals surface area contributed by atoms with Crippen LogP contribution in [-0.4, -0.2) is 29.8 Å². The van der Waals surface area contributed by atoms with Crippen molar-refractivity contribution in [3.63, 3.8) is 0 Å². The third kappa shape index (κ3) is 3.14. The lowest BCUT2D eigenvalue weighted by Crippen LogP contribution is -2.31. The first-order chi connectivity index (χ1) is 9.13. The monoisotopic (exact) mass is 263 g/mol. The van der Waals surface area contributed by atoms with Gasteiger partial charge in [-0.25, -0.2) is 0 Å². The lowest BCUT2D eigenvalue weighted by Gasteiger charge is -2.26. The number of benzene rings is 1. The van der Waals surface area contributed by atoms with Gasteiger partial charge in [0, 0.05) is 25.8 Å². The normalized spacial score (nSPS) is 16.4. The number of aryl methyl sites for hydroxylation is 1. The molecule has 0 aliphatic carbocycles. The fraction of sp³-hybridized carbons (Fsp3) is 0.533. The molecule has 4 nitrogen and oxygen atoms in total. The summed E-state index contributed by atoms with van der Waals surface area (Å²) in [5.41, 5.74) is 2.97. The second-order valence-corrected chi connectivity index (χ2v) is 5.08. The van der Waals surface area contributed by atoms with E-state index in [1.807, 2.05) is 18.2 Å². The van der Waals surface area contributed by atoms with Crippen molar-refractivity contribution in [2.24, 2.45) is 0 Å². The third-order valence-electron chi connectivity index (χ3n) is 3.72. The number of hydrogen-bond donors (Lipinski definition) is 2. The largest absolute Gasteiger partial charge is 0.396 e.